The second-order valence-electron chi connectivity index (χ2n) is 3.81. The van der Waals surface area contributed by atoms with E-state index in [1.54, 1.807) is 12.5 Å². The fraction of sp³-hybridized carbons (Fsp3) is 0.636. The number of nitrogens with zero attached hydrogens (tertiary/aromatic N) is 2. The predicted octanol–water partition coefficient (Wildman–Crippen LogP) is 0.975. The smallest absolute Gasteiger partial charge is 0.115 e. The van der Waals surface area contributed by atoms with Gasteiger partial charge < -0.3 is 10.4 Å². The van der Waals surface area contributed by atoms with Crippen LogP contribution in [0.2, 0.25) is 0 Å². The first-order chi connectivity index (χ1) is 7.33. The minimum Gasteiger partial charge on any atom is -0.396 e. The van der Waals surface area contributed by atoms with Crippen molar-refractivity contribution in [1.82, 2.24) is 15.3 Å². The van der Waals surface area contributed by atoms with E-state index in [1.807, 2.05) is 6.07 Å². The number of hydrogen-bond acceptors (Lipinski definition) is 4. The van der Waals surface area contributed by atoms with E-state index in [0.717, 1.165) is 31.6 Å². The molecule has 15 heavy (non-hydrogen) atoms. The van der Waals surface area contributed by atoms with Crippen LogP contribution in [0.15, 0.2) is 18.6 Å². The van der Waals surface area contributed by atoms with Crippen molar-refractivity contribution in [2.24, 2.45) is 5.92 Å². The Morgan fingerprint density at radius 2 is 2.40 bits per heavy atom. The Balaban J connectivity index is 2.03. The molecular formula is C11H19N3O. The molecule has 0 amide bonds. The molecule has 0 fully saturated rings. The monoisotopic (exact) mass is 209 g/mol. The standard InChI is InChI=1S/C11H19N3O/c1-10(8-15)3-2-5-12-7-11-4-6-13-9-14-11/h4,6,9-10,12,15H,2-3,5,7-8H2,1H3. The van der Waals surface area contributed by atoms with Gasteiger partial charge in [0.05, 0.1) is 5.69 Å². The van der Waals surface area contributed by atoms with Crippen LogP contribution in [-0.4, -0.2) is 28.2 Å². The molecule has 0 saturated carbocycles. The zero-order valence-electron chi connectivity index (χ0n) is 9.19. The van der Waals surface area contributed by atoms with Gasteiger partial charge in [-0.3, -0.25) is 0 Å². The largest absolute Gasteiger partial charge is 0.396 e. The predicted molar refractivity (Wildman–Crippen MR) is 59.2 cm³/mol. The third kappa shape index (κ3) is 5.44. The first-order valence-corrected chi connectivity index (χ1v) is 5.39. The normalized spacial score (nSPS) is 12.7. The van der Waals surface area contributed by atoms with Gasteiger partial charge in [-0.1, -0.05) is 6.92 Å². The minimum atomic E-state index is 0.284. The summed E-state index contributed by atoms with van der Waals surface area (Å²) >= 11 is 0. The third-order valence-corrected chi connectivity index (χ3v) is 2.31. The van der Waals surface area contributed by atoms with Crippen LogP contribution in [0.3, 0.4) is 0 Å². The van der Waals surface area contributed by atoms with Gasteiger partial charge in [0.25, 0.3) is 0 Å². The molecule has 1 rings (SSSR count). The van der Waals surface area contributed by atoms with Gasteiger partial charge in [0.2, 0.25) is 0 Å². The molecule has 4 nitrogen and oxygen atoms in total. The lowest BCUT2D eigenvalue weighted by molar-refractivity contribution is 0.228. The van der Waals surface area contributed by atoms with Gasteiger partial charge in [0.15, 0.2) is 0 Å². The summed E-state index contributed by atoms with van der Waals surface area (Å²) in [6.07, 6.45) is 5.46. The maximum atomic E-state index is 8.83. The second kappa shape index (κ2) is 7.31. The Morgan fingerprint density at radius 1 is 1.53 bits per heavy atom. The molecule has 0 aliphatic heterocycles. The van der Waals surface area contributed by atoms with Gasteiger partial charge in [0.1, 0.15) is 6.33 Å². The zero-order chi connectivity index (χ0) is 10.9. The second-order valence-corrected chi connectivity index (χ2v) is 3.81. The number of aliphatic hydroxyl groups is 1. The molecule has 0 saturated heterocycles. The lowest BCUT2D eigenvalue weighted by atomic mass is 10.1. The van der Waals surface area contributed by atoms with Gasteiger partial charge in [-0.15, -0.1) is 0 Å². The summed E-state index contributed by atoms with van der Waals surface area (Å²) in [5.41, 5.74) is 1.01. The van der Waals surface area contributed by atoms with Crippen molar-refractivity contribution in [3.63, 3.8) is 0 Å². The average Bonchev–Trinajstić information content (AvgIpc) is 2.29. The van der Waals surface area contributed by atoms with E-state index in [2.05, 4.69) is 22.2 Å². The van der Waals surface area contributed by atoms with Gasteiger partial charge >= 0.3 is 0 Å². The summed E-state index contributed by atoms with van der Waals surface area (Å²) in [5.74, 6) is 0.408. The van der Waals surface area contributed by atoms with Gasteiger partial charge in [-0.05, 0) is 31.4 Å². The number of aliphatic hydroxyl groups excluding tert-OH is 1. The maximum Gasteiger partial charge on any atom is 0.115 e. The maximum absolute atomic E-state index is 8.83. The average molecular weight is 209 g/mol. The van der Waals surface area contributed by atoms with Crippen molar-refractivity contribution in [3.8, 4) is 0 Å². The lowest BCUT2D eigenvalue weighted by Gasteiger charge is -2.07. The molecular weight excluding hydrogens is 190 g/mol. The van der Waals surface area contributed by atoms with Crippen LogP contribution in [0, 0.1) is 5.92 Å². The Labute approximate surface area is 90.8 Å². The molecule has 1 aromatic heterocycles. The molecule has 0 aliphatic rings. The first kappa shape index (κ1) is 12.1. The summed E-state index contributed by atoms with van der Waals surface area (Å²) in [6.45, 7) is 4.10. The molecule has 1 heterocycles. The van der Waals surface area contributed by atoms with E-state index in [1.165, 1.54) is 0 Å². The van der Waals surface area contributed by atoms with Crippen molar-refractivity contribution < 1.29 is 5.11 Å². The molecule has 1 aromatic rings. The van der Waals surface area contributed by atoms with Crippen molar-refractivity contribution in [1.29, 1.82) is 0 Å². The van der Waals surface area contributed by atoms with E-state index in [4.69, 9.17) is 5.11 Å². The fourth-order valence-corrected chi connectivity index (χ4v) is 1.31. The highest BCUT2D eigenvalue weighted by atomic mass is 16.3. The summed E-state index contributed by atoms with van der Waals surface area (Å²) in [4.78, 5) is 7.97. The SMILES string of the molecule is CC(CO)CCCNCc1ccncn1. The topological polar surface area (TPSA) is 58.0 Å². The molecule has 84 valence electrons. The van der Waals surface area contributed by atoms with Crippen LogP contribution < -0.4 is 5.32 Å². The molecule has 4 heteroatoms. The van der Waals surface area contributed by atoms with Gasteiger partial charge in [0, 0.05) is 19.3 Å². The summed E-state index contributed by atoms with van der Waals surface area (Å²) in [7, 11) is 0. The van der Waals surface area contributed by atoms with E-state index in [0.29, 0.717) is 5.92 Å². The van der Waals surface area contributed by atoms with Crippen molar-refractivity contribution in [2.45, 2.75) is 26.3 Å². The highest BCUT2D eigenvalue weighted by Crippen LogP contribution is 2.02. The highest BCUT2D eigenvalue weighted by Gasteiger charge is 1.98. The summed E-state index contributed by atoms with van der Waals surface area (Å²) in [6, 6.07) is 1.91. The van der Waals surface area contributed by atoms with Crippen molar-refractivity contribution in [3.05, 3.63) is 24.3 Å². The molecule has 0 aromatic carbocycles. The van der Waals surface area contributed by atoms with Crippen LogP contribution >= 0.6 is 0 Å². The molecule has 1 atom stereocenters. The third-order valence-electron chi connectivity index (χ3n) is 2.31. The lowest BCUT2D eigenvalue weighted by Crippen LogP contribution is -2.16. The molecule has 1 unspecified atom stereocenters. The van der Waals surface area contributed by atoms with Crippen LogP contribution in [0.4, 0.5) is 0 Å². The number of aromatic nitrogens is 2. The van der Waals surface area contributed by atoms with Crippen LogP contribution in [-0.2, 0) is 6.54 Å². The van der Waals surface area contributed by atoms with Crippen LogP contribution in [0.1, 0.15) is 25.5 Å². The van der Waals surface area contributed by atoms with Crippen LogP contribution in [0.25, 0.3) is 0 Å². The number of hydrogen-bond donors (Lipinski definition) is 2. The van der Waals surface area contributed by atoms with E-state index >= 15 is 0 Å². The Kier molecular flexibility index (Phi) is 5.88. The fourth-order valence-electron chi connectivity index (χ4n) is 1.31. The van der Waals surface area contributed by atoms with Crippen LogP contribution in [0.5, 0.6) is 0 Å². The van der Waals surface area contributed by atoms with Crippen molar-refractivity contribution in [2.75, 3.05) is 13.2 Å². The van der Waals surface area contributed by atoms with Crippen molar-refractivity contribution >= 4 is 0 Å². The molecule has 2 N–H and O–H groups in total. The molecule has 0 aliphatic carbocycles. The van der Waals surface area contributed by atoms with E-state index < -0.39 is 0 Å². The molecule has 0 spiro atoms. The Bertz CT molecular complexity index is 253. The first-order valence-electron chi connectivity index (χ1n) is 5.39. The van der Waals surface area contributed by atoms with Gasteiger partial charge in [-0.2, -0.15) is 0 Å². The van der Waals surface area contributed by atoms with E-state index in [9.17, 15) is 0 Å². The Morgan fingerprint density at radius 3 is 3.07 bits per heavy atom. The number of rotatable bonds is 7. The molecule has 0 bridgehead atoms. The summed E-state index contributed by atoms with van der Waals surface area (Å²) < 4.78 is 0. The van der Waals surface area contributed by atoms with Gasteiger partial charge in [-0.25, -0.2) is 9.97 Å². The number of nitrogens with one attached hydrogen (secondary N) is 1. The Hall–Kier alpha value is -1.00. The zero-order valence-corrected chi connectivity index (χ0v) is 9.19. The molecule has 0 radical (unpaired) electrons. The summed E-state index contributed by atoms with van der Waals surface area (Å²) in [5, 5.41) is 12.1. The minimum absolute atomic E-state index is 0.284. The highest BCUT2D eigenvalue weighted by molar-refractivity contribution is 4.96. The quantitative estimate of drug-likeness (QED) is 0.657. The van der Waals surface area contributed by atoms with E-state index in [-0.39, 0.29) is 6.61 Å².